The summed E-state index contributed by atoms with van der Waals surface area (Å²) in [7, 11) is 0. The molecule has 0 spiro atoms. The molecule has 0 unspecified atom stereocenters. The number of piperidine rings is 1. The van der Waals surface area contributed by atoms with Crippen LogP contribution in [-0.2, 0) is 16.2 Å². The van der Waals surface area contributed by atoms with E-state index in [0.717, 1.165) is 24.3 Å². The van der Waals surface area contributed by atoms with Crippen molar-refractivity contribution in [1.29, 1.82) is 0 Å². The molecule has 2 aromatic rings. The van der Waals surface area contributed by atoms with Gasteiger partial charge < -0.3 is 9.15 Å². The fourth-order valence-corrected chi connectivity index (χ4v) is 3.54. The van der Waals surface area contributed by atoms with Crippen molar-refractivity contribution in [2.75, 3.05) is 19.7 Å². The Morgan fingerprint density at radius 3 is 3.22 bits per heavy atom. The van der Waals surface area contributed by atoms with Crippen molar-refractivity contribution in [2.24, 2.45) is 5.92 Å². The largest absolute Gasteiger partial charge is 0.466 e. The van der Waals surface area contributed by atoms with E-state index in [1.807, 2.05) is 24.4 Å². The molecule has 0 N–H and O–H groups in total. The lowest BCUT2D eigenvalue weighted by atomic mass is 9.99. The molecule has 1 aliphatic rings. The first-order chi connectivity index (χ1) is 11.2. The summed E-state index contributed by atoms with van der Waals surface area (Å²) in [6.45, 7) is 4.37. The molecule has 0 saturated carbocycles. The predicted octanol–water partition coefficient (Wildman–Crippen LogP) is 3.17. The molecule has 1 aliphatic heterocycles. The van der Waals surface area contributed by atoms with Crippen molar-refractivity contribution in [3.63, 3.8) is 0 Å². The van der Waals surface area contributed by atoms with Gasteiger partial charge in [0.15, 0.2) is 0 Å². The quantitative estimate of drug-likeness (QED) is 0.608. The zero-order valence-corrected chi connectivity index (χ0v) is 14.6. The molecule has 0 aromatic carbocycles. The van der Waals surface area contributed by atoms with Crippen molar-refractivity contribution < 1.29 is 13.9 Å². The number of hydrogen-bond donors (Lipinski definition) is 0. The Balaban J connectivity index is 1.67. The van der Waals surface area contributed by atoms with Crippen molar-refractivity contribution in [3.8, 4) is 10.8 Å². The highest BCUT2D eigenvalue weighted by Gasteiger charge is 2.27. The molecular formula is C15H19N3O3S2. The first-order valence-electron chi connectivity index (χ1n) is 7.68. The fourth-order valence-electron chi connectivity index (χ4n) is 2.72. The van der Waals surface area contributed by atoms with Gasteiger partial charge in [-0.15, -0.1) is 16.4 Å². The smallest absolute Gasteiger partial charge is 0.310 e. The lowest BCUT2D eigenvalue weighted by Gasteiger charge is -2.30. The van der Waals surface area contributed by atoms with E-state index in [9.17, 15) is 4.79 Å². The summed E-state index contributed by atoms with van der Waals surface area (Å²) < 4.78 is 12.4. The number of carbonyl (C=O) groups excluding carboxylic acids is 1. The van der Waals surface area contributed by atoms with Gasteiger partial charge in [-0.3, -0.25) is 9.69 Å². The van der Waals surface area contributed by atoms with Gasteiger partial charge in [0, 0.05) is 6.54 Å². The lowest BCUT2D eigenvalue weighted by Crippen LogP contribution is -2.40. The van der Waals surface area contributed by atoms with Gasteiger partial charge in [0.1, 0.15) is 0 Å². The summed E-state index contributed by atoms with van der Waals surface area (Å²) in [5.74, 6) is 0.366. The third kappa shape index (κ3) is 3.88. The van der Waals surface area contributed by atoms with Crippen LogP contribution in [-0.4, -0.2) is 40.3 Å². The molecule has 0 aliphatic carbocycles. The summed E-state index contributed by atoms with van der Waals surface area (Å²) in [6.07, 6.45) is 1.84. The second-order valence-corrected chi connectivity index (χ2v) is 6.76. The number of aromatic nitrogens is 2. The normalized spacial score (nSPS) is 18.9. The van der Waals surface area contributed by atoms with Crippen LogP contribution < -0.4 is 0 Å². The van der Waals surface area contributed by atoms with Crippen LogP contribution in [0.5, 0.6) is 0 Å². The Hall–Kier alpha value is -1.51. The van der Waals surface area contributed by atoms with Crippen LogP contribution in [0.2, 0.25) is 0 Å². The van der Waals surface area contributed by atoms with E-state index in [1.54, 1.807) is 16.0 Å². The highest BCUT2D eigenvalue weighted by Crippen LogP contribution is 2.24. The van der Waals surface area contributed by atoms with Gasteiger partial charge in [0.25, 0.3) is 10.7 Å². The molecule has 1 atom stereocenters. The lowest BCUT2D eigenvalue weighted by molar-refractivity contribution is -0.150. The molecule has 0 radical (unpaired) electrons. The van der Waals surface area contributed by atoms with Gasteiger partial charge in [0.2, 0.25) is 0 Å². The van der Waals surface area contributed by atoms with Crippen molar-refractivity contribution >= 4 is 29.5 Å². The van der Waals surface area contributed by atoms with Crippen LogP contribution in [0.25, 0.3) is 10.8 Å². The van der Waals surface area contributed by atoms with Gasteiger partial charge in [-0.05, 0) is 50.0 Å². The van der Waals surface area contributed by atoms with Gasteiger partial charge >= 0.3 is 5.97 Å². The van der Waals surface area contributed by atoms with E-state index in [2.05, 4.69) is 10.00 Å². The van der Waals surface area contributed by atoms with E-state index >= 15 is 0 Å². The monoisotopic (exact) mass is 353 g/mol. The first kappa shape index (κ1) is 16.4. The minimum absolute atomic E-state index is 0.0680. The number of ether oxygens (including phenoxy) is 1. The minimum atomic E-state index is -0.111. The predicted molar refractivity (Wildman–Crippen MR) is 89.6 cm³/mol. The maximum Gasteiger partial charge on any atom is 0.310 e. The van der Waals surface area contributed by atoms with Crippen LogP contribution in [0, 0.1) is 10.8 Å². The van der Waals surface area contributed by atoms with Crippen LogP contribution >= 0.6 is 23.6 Å². The summed E-state index contributed by atoms with van der Waals surface area (Å²) in [4.78, 5) is 15.4. The Morgan fingerprint density at radius 1 is 1.61 bits per heavy atom. The molecular weight excluding hydrogens is 334 g/mol. The fraction of sp³-hybridized carbons (Fsp3) is 0.533. The molecule has 1 saturated heterocycles. The second-order valence-electron chi connectivity index (χ2n) is 5.46. The molecule has 1 fully saturated rings. The summed E-state index contributed by atoms with van der Waals surface area (Å²) in [6, 6.07) is 3.90. The van der Waals surface area contributed by atoms with E-state index < -0.39 is 0 Å². The van der Waals surface area contributed by atoms with Gasteiger partial charge in [-0.25, -0.2) is 4.68 Å². The van der Waals surface area contributed by atoms with Crippen LogP contribution in [0.1, 0.15) is 19.8 Å². The molecule has 124 valence electrons. The SMILES string of the molecule is CCOC(=O)[C@@H]1CCCN(Cn2nc(-c3cccs3)oc2=S)C1. The number of thiophene rings is 1. The zero-order chi connectivity index (χ0) is 16.2. The van der Waals surface area contributed by atoms with Crippen LogP contribution in [0.3, 0.4) is 0 Å². The van der Waals surface area contributed by atoms with Gasteiger partial charge in [0.05, 0.1) is 24.1 Å². The molecule has 3 rings (SSSR count). The van der Waals surface area contributed by atoms with E-state index in [0.29, 0.717) is 30.5 Å². The van der Waals surface area contributed by atoms with Gasteiger partial charge in [-0.1, -0.05) is 6.07 Å². The standard InChI is InChI=1S/C15H19N3O3S2/c1-2-20-14(19)11-5-3-7-17(9-11)10-18-15(22)21-13(16-18)12-6-4-8-23-12/h4,6,8,11H,2-3,5,7,9-10H2,1H3/t11-/m1/s1. The van der Waals surface area contributed by atoms with Crippen molar-refractivity contribution in [3.05, 3.63) is 22.4 Å². The average molecular weight is 353 g/mol. The molecule has 0 amide bonds. The minimum Gasteiger partial charge on any atom is -0.466 e. The third-order valence-corrected chi connectivity index (χ3v) is 4.95. The molecule has 2 aromatic heterocycles. The number of nitrogens with zero attached hydrogens (tertiary/aromatic N) is 3. The Bertz CT molecular complexity index is 708. The number of esters is 1. The number of carbonyl (C=O) groups is 1. The molecule has 8 heteroatoms. The molecule has 23 heavy (non-hydrogen) atoms. The highest BCUT2D eigenvalue weighted by atomic mass is 32.1. The van der Waals surface area contributed by atoms with Gasteiger partial charge in [-0.2, -0.15) is 0 Å². The maximum atomic E-state index is 11.9. The Morgan fingerprint density at radius 2 is 2.48 bits per heavy atom. The molecule has 3 heterocycles. The topological polar surface area (TPSA) is 60.5 Å². The van der Waals surface area contributed by atoms with Crippen LogP contribution in [0.15, 0.2) is 21.9 Å². The van der Waals surface area contributed by atoms with E-state index in [1.165, 1.54) is 0 Å². The van der Waals surface area contributed by atoms with E-state index in [4.69, 9.17) is 21.4 Å². The summed E-state index contributed by atoms with van der Waals surface area (Å²) >= 11 is 6.82. The zero-order valence-electron chi connectivity index (χ0n) is 12.9. The maximum absolute atomic E-state index is 11.9. The summed E-state index contributed by atoms with van der Waals surface area (Å²) in [5, 5.41) is 6.42. The average Bonchev–Trinajstić information content (AvgIpc) is 3.18. The van der Waals surface area contributed by atoms with Crippen molar-refractivity contribution in [1.82, 2.24) is 14.7 Å². The molecule has 0 bridgehead atoms. The van der Waals surface area contributed by atoms with E-state index in [-0.39, 0.29) is 11.9 Å². The Kier molecular flexibility index (Phi) is 5.24. The Labute approximate surface area is 143 Å². The third-order valence-electron chi connectivity index (χ3n) is 3.80. The molecule has 6 nitrogen and oxygen atoms in total. The number of likely N-dealkylation sites (tertiary alicyclic amines) is 1. The number of hydrogen-bond acceptors (Lipinski definition) is 7. The number of rotatable bonds is 5. The van der Waals surface area contributed by atoms with Crippen molar-refractivity contribution in [2.45, 2.75) is 26.4 Å². The summed E-state index contributed by atoms with van der Waals surface area (Å²) in [5.41, 5.74) is 0. The second kappa shape index (κ2) is 7.37. The first-order valence-corrected chi connectivity index (χ1v) is 8.97. The van der Waals surface area contributed by atoms with Crippen LogP contribution in [0.4, 0.5) is 0 Å². The highest BCUT2D eigenvalue weighted by molar-refractivity contribution is 7.71.